The molecule has 1 amide bonds. The van der Waals surface area contributed by atoms with Crippen LogP contribution >= 0.6 is 0 Å². The maximum atomic E-state index is 13.5. The molecule has 9 heteroatoms. The van der Waals surface area contributed by atoms with E-state index < -0.39 is 5.60 Å². The van der Waals surface area contributed by atoms with E-state index in [1.807, 2.05) is 58.9 Å². The van der Waals surface area contributed by atoms with E-state index in [9.17, 15) is 9.59 Å². The number of ether oxygens (including phenoxy) is 2. The van der Waals surface area contributed by atoms with Gasteiger partial charge in [0, 0.05) is 19.3 Å². The number of fused-ring (bicyclic) bond motifs is 1. The minimum Gasteiger partial charge on any atom is -0.494 e. The molecule has 37 heavy (non-hydrogen) atoms. The van der Waals surface area contributed by atoms with Gasteiger partial charge in [-0.3, -0.25) is 9.36 Å². The van der Waals surface area contributed by atoms with E-state index in [-0.39, 0.29) is 17.7 Å². The van der Waals surface area contributed by atoms with Gasteiger partial charge in [0.1, 0.15) is 17.2 Å². The smallest absolute Gasteiger partial charge is 0.410 e. The highest BCUT2D eigenvalue weighted by atomic mass is 16.6. The summed E-state index contributed by atoms with van der Waals surface area (Å²) in [6, 6.07) is 10.8. The van der Waals surface area contributed by atoms with Crippen molar-refractivity contribution in [3.63, 3.8) is 0 Å². The van der Waals surface area contributed by atoms with Gasteiger partial charge < -0.3 is 19.7 Å². The van der Waals surface area contributed by atoms with E-state index >= 15 is 0 Å². The Hall–Kier alpha value is -3.46. The number of amides is 1. The van der Waals surface area contributed by atoms with Crippen LogP contribution in [0.25, 0.3) is 16.7 Å². The molecule has 1 aliphatic heterocycles. The first-order chi connectivity index (χ1) is 17.7. The Morgan fingerprint density at radius 3 is 2.51 bits per heavy atom. The van der Waals surface area contributed by atoms with Crippen LogP contribution in [0, 0.1) is 5.92 Å². The quantitative estimate of drug-likeness (QED) is 0.504. The lowest BCUT2D eigenvalue weighted by Gasteiger charge is -2.34. The third-order valence-electron chi connectivity index (χ3n) is 6.44. The monoisotopic (exact) mass is 507 g/mol. The zero-order valence-electron chi connectivity index (χ0n) is 22.4. The normalized spacial score (nSPS) is 15.5. The van der Waals surface area contributed by atoms with Gasteiger partial charge in [0.25, 0.3) is 5.56 Å². The van der Waals surface area contributed by atoms with Crippen molar-refractivity contribution in [1.29, 1.82) is 0 Å². The highest BCUT2D eigenvalue weighted by Crippen LogP contribution is 2.22. The lowest BCUT2D eigenvalue weighted by Crippen LogP contribution is -2.43. The molecule has 1 saturated heterocycles. The number of carbonyl (C=O) groups is 1. The molecule has 0 unspecified atom stereocenters. The van der Waals surface area contributed by atoms with Crippen LogP contribution in [0.1, 0.15) is 59.3 Å². The summed E-state index contributed by atoms with van der Waals surface area (Å²) >= 11 is 0. The molecule has 3 aromatic rings. The fourth-order valence-electron chi connectivity index (χ4n) is 4.51. The van der Waals surface area contributed by atoms with Crippen molar-refractivity contribution in [2.45, 2.75) is 59.1 Å². The Morgan fingerprint density at radius 1 is 1.16 bits per heavy atom. The maximum Gasteiger partial charge on any atom is 0.410 e. The molecule has 0 bridgehead atoms. The molecule has 2 aromatic heterocycles. The van der Waals surface area contributed by atoms with Gasteiger partial charge in [-0.25, -0.2) is 14.8 Å². The molecular weight excluding hydrogens is 470 g/mol. The first kappa shape index (κ1) is 26.6. The molecule has 4 rings (SSSR count). The first-order valence-corrected chi connectivity index (χ1v) is 13.0. The van der Waals surface area contributed by atoms with Crippen LogP contribution in [0.3, 0.4) is 0 Å². The molecule has 0 saturated carbocycles. The molecule has 3 heterocycles. The number of likely N-dealkylation sites (tertiary alicyclic amines) is 1. The molecule has 1 aromatic carbocycles. The third-order valence-corrected chi connectivity index (χ3v) is 6.44. The topological polar surface area (TPSA) is 98.6 Å². The van der Waals surface area contributed by atoms with Crippen LogP contribution in [0.5, 0.6) is 5.75 Å². The molecule has 198 valence electrons. The Kier molecular flexibility index (Phi) is 8.12. The second-order valence-corrected chi connectivity index (χ2v) is 10.5. The molecule has 1 N–H and O–H groups in total. The zero-order valence-corrected chi connectivity index (χ0v) is 22.4. The summed E-state index contributed by atoms with van der Waals surface area (Å²) in [5.41, 5.74) is 0.507. The average Bonchev–Trinajstić information content (AvgIpc) is 2.87. The SMILES string of the molecule is CCOc1ccc(-n2c([C@@H](C)NCC3CCN(C(=O)OC(C)(C)C)CC3)nc3ncccc3c2=O)cc1. The molecule has 0 radical (unpaired) electrons. The van der Waals surface area contributed by atoms with Crippen molar-refractivity contribution in [3.8, 4) is 11.4 Å². The third kappa shape index (κ3) is 6.46. The number of hydrogen-bond acceptors (Lipinski definition) is 7. The van der Waals surface area contributed by atoms with E-state index in [4.69, 9.17) is 14.5 Å². The van der Waals surface area contributed by atoms with E-state index in [0.29, 0.717) is 42.5 Å². The summed E-state index contributed by atoms with van der Waals surface area (Å²) in [7, 11) is 0. The molecule has 9 nitrogen and oxygen atoms in total. The van der Waals surface area contributed by atoms with E-state index in [1.165, 1.54) is 0 Å². The second-order valence-electron chi connectivity index (χ2n) is 10.5. The predicted molar refractivity (Wildman–Crippen MR) is 143 cm³/mol. The van der Waals surface area contributed by atoms with Gasteiger partial charge in [-0.2, -0.15) is 0 Å². The van der Waals surface area contributed by atoms with Crippen molar-refractivity contribution < 1.29 is 14.3 Å². The first-order valence-electron chi connectivity index (χ1n) is 13.0. The molecule has 1 fully saturated rings. The van der Waals surface area contributed by atoms with Crippen LogP contribution in [0.15, 0.2) is 47.4 Å². The van der Waals surface area contributed by atoms with E-state index in [1.54, 1.807) is 27.8 Å². The highest BCUT2D eigenvalue weighted by molar-refractivity contribution is 5.73. The summed E-state index contributed by atoms with van der Waals surface area (Å²) in [6.07, 6.45) is 3.17. The number of nitrogens with one attached hydrogen (secondary N) is 1. The van der Waals surface area contributed by atoms with Gasteiger partial charge >= 0.3 is 6.09 Å². The summed E-state index contributed by atoms with van der Waals surface area (Å²) in [5.74, 6) is 1.76. The van der Waals surface area contributed by atoms with Crippen LogP contribution in [0.4, 0.5) is 4.79 Å². The molecular formula is C28H37N5O4. The molecule has 0 aliphatic carbocycles. The van der Waals surface area contributed by atoms with E-state index in [2.05, 4.69) is 10.3 Å². The zero-order chi connectivity index (χ0) is 26.6. The number of carbonyl (C=O) groups excluding carboxylic acids is 1. The average molecular weight is 508 g/mol. The summed E-state index contributed by atoms with van der Waals surface area (Å²) in [6.45, 7) is 12.3. The molecule has 0 spiro atoms. The number of piperidine rings is 1. The van der Waals surface area contributed by atoms with Crippen molar-refractivity contribution in [1.82, 2.24) is 24.8 Å². The van der Waals surface area contributed by atoms with E-state index in [0.717, 1.165) is 30.8 Å². The lowest BCUT2D eigenvalue weighted by molar-refractivity contribution is 0.0183. The molecule has 1 aliphatic rings. The number of aromatic nitrogens is 3. The lowest BCUT2D eigenvalue weighted by atomic mass is 9.96. The number of rotatable bonds is 7. The number of pyridine rings is 1. The largest absolute Gasteiger partial charge is 0.494 e. The van der Waals surface area contributed by atoms with Gasteiger partial charge in [0.2, 0.25) is 0 Å². The van der Waals surface area contributed by atoms with Gasteiger partial charge in [-0.15, -0.1) is 0 Å². The van der Waals surface area contributed by atoms with Crippen LogP contribution < -0.4 is 15.6 Å². The van der Waals surface area contributed by atoms with Crippen molar-refractivity contribution in [2.24, 2.45) is 5.92 Å². The number of benzene rings is 1. The molecule has 1 atom stereocenters. The number of hydrogen-bond donors (Lipinski definition) is 1. The fraction of sp³-hybridized carbons (Fsp3) is 0.500. The highest BCUT2D eigenvalue weighted by Gasteiger charge is 2.27. The van der Waals surface area contributed by atoms with Gasteiger partial charge in [-0.05, 0) is 96.3 Å². The van der Waals surface area contributed by atoms with Gasteiger partial charge in [0.05, 0.1) is 23.7 Å². The minimum absolute atomic E-state index is 0.156. The second kappa shape index (κ2) is 11.3. The Balaban J connectivity index is 1.50. The summed E-state index contributed by atoms with van der Waals surface area (Å²) < 4.78 is 12.7. The van der Waals surface area contributed by atoms with Crippen molar-refractivity contribution in [2.75, 3.05) is 26.2 Å². The number of nitrogens with zero attached hydrogens (tertiary/aromatic N) is 4. The van der Waals surface area contributed by atoms with Crippen molar-refractivity contribution in [3.05, 3.63) is 58.8 Å². The van der Waals surface area contributed by atoms with Crippen molar-refractivity contribution >= 4 is 17.1 Å². The van der Waals surface area contributed by atoms with Crippen LogP contribution in [0.2, 0.25) is 0 Å². The standard InChI is InChI=1S/C28H37N5O4/c1-6-36-22-11-9-21(10-12-22)33-25(31-24-23(26(33)34)8-7-15-29-24)19(2)30-18-20-13-16-32(17-14-20)27(35)37-28(3,4)5/h7-12,15,19-20,30H,6,13-14,16-18H2,1-5H3/t19-/m1/s1. The predicted octanol–water partition coefficient (Wildman–Crippen LogP) is 4.48. The maximum absolute atomic E-state index is 13.5. The fourth-order valence-corrected chi connectivity index (χ4v) is 4.51. The van der Waals surface area contributed by atoms with Crippen LogP contribution in [-0.2, 0) is 4.74 Å². The Bertz CT molecular complexity index is 1270. The van der Waals surface area contributed by atoms with Gasteiger partial charge in [-0.1, -0.05) is 0 Å². The minimum atomic E-state index is -0.494. The summed E-state index contributed by atoms with van der Waals surface area (Å²) in [4.78, 5) is 36.8. The summed E-state index contributed by atoms with van der Waals surface area (Å²) in [5, 5.41) is 4.05. The van der Waals surface area contributed by atoms with Gasteiger partial charge in [0.15, 0.2) is 5.65 Å². The Labute approximate surface area is 217 Å². The Morgan fingerprint density at radius 2 is 1.86 bits per heavy atom. The van der Waals surface area contributed by atoms with Crippen LogP contribution in [-0.4, -0.2) is 57.4 Å².